The maximum absolute atomic E-state index is 10.1. The second-order valence-corrected chi connectivity index (χ2v) is 5.82. The van der Waals surface area contributed by atoms with Gasteiger partial charge in [-0.3, -0.25) is 0 Å². The molecule has 1 heterocycles. The van der Waals surface area contributed by atoms with Gasteiger partial charge in [0, 0.05) is 16.5 Å². The number of hydrogen-bond acceptors (Lipinski definition) is 2. The molecular weight excluding hydrogens is 236 g/mol. The van der Waals surface area contributed by atoms with Gasteiger partial charge >= 0.3 is 0 Å². The van der Waals surface area contributed by atoms with E-state index in [0.29, 0.717) is 12.4 Å². The largest absolute Gasteiger partial charge is 0.507 e. The minimum atomic E-state index is -0.0288. The van der Waals surface area contributed by atoms with Gasteiger partial charge in [0.1, 0.15) is 11.5 Å². The van der Waals surface area contributed by atoms with Crippen LogP contribution >= 0.6 is 0 Å². The van der Waals surface area contributed by atoms with E-state index in [1.807, 2.05) is 18.2 Å². The summed E-state index contributed by atoms with van der Waals surface area (Å²) in [7, 11) is 0. The van der Waals surface area contributed by atoms with Gasteiger partial charge in [-0.1, -0.05) is 44.2 Å². The van der Waals surface area contributed by atoms with Crippen molar-refractivity contribution in [1.82, 2.24) is 0 Å². The maximum Gasteiger partial charge on any atom is 0.126 e. The molecule has 0 aliphatic carbocycles. The molecule has 2 aromatic rings. The molecule has 0 radical (unpaired) electrons. The fraction of sp³-hybridized carbons (Fsp3) is 0.294. The monoisotopic (exact) mass is 254 g/mol. The maximum atomic E-state index is 10.1. The van der Waals surface area contributed by atoms with Crippen LogP contribution in [-0.2, 0) is 5.41 Å². The second-order valence-electron chi connectivity index (χ2n) is 5.82. The Morgan fingerprint density at radius 2 is 1.79 bits per heavy atom. The van der Waals surface area contributed by atoms with Crippen LogP contribution in [0.3, 0.4) is 0 Å². The SMILES string of the molecule is Cc1ccc(-c2ccccc2O)c2c1OCC2(C)C. The van der Waals surface area contributed by atoms with Crippen molar-refractivity contribution in [3.8, 4) is 22.6 Å². The number of phenols is 1. The van der Waals surface area contributed by atoms with Crippen molar-refractivity contribution in [2.24, 2.45) is 0 Å². The van der Waals surface area contributed by atoms with Crippen LogP contribution in [0.25, 0.3) is 11.1 Å². The molecule has 0 aromatic heterocycles. The summed E-state index contributed by atoms with van der Waals surface area (Å²) in [4.78, 5) is 0. The number of hydrogen-bond donors (Lipinski definition) is 1. The lowest BCUT2D eigenvalue weighted by atomic mass is 9.81. The molecule has 2 aromatic carbocycles. The van der Waals surface area contributed by atoms with Crippen LogP contribution in [0.1, 0.15) is 25.0 Å². The molecule has 0 bridgehead atoms. The smallest absolute Gasteiger partial charge is 0.126 e. The third-order valence-corrected chi connectivity index (χ3v) is 3.80. The molecule has 0 saturated heterocycles. The summed E-state index contributed by atoms with van der Waals surface area (Å²) in [5.41, 5.74) is 4.27. The van der Waals surface area contributed by atoms with Crippen LogP contribution in [0, 0.1) is 6.92 Å². The molecule has 0 atom stereocenters. The fourth-order valence-electron chi connectivity index (χ4n) is 2.80. The first-order chi connectivity index (χ1) is 9.00. The predicted molar refractivity (Wildman–Crippen MR) is 76.8 cm³/mol. The minimum absolute atomic E-state index is 0.0288. The summed E-state index contributed by atoms with van der Waals surface area (Å²) in [6.45, 7) is 7.12. The molecule has 0 fully saturated rings. The Hall–Kier alpha value is -1.96. The van der Waals surface area contributed by atoms with Gasteiger partial charge in [0.15, 0.2) is 0 Å². The van der Waals surface area contributed by atoms with Crippen molar-refractivity contribution in [2.45, 2.75) is 26.2 Å². The number of aryl methyl sites for hydroxylation is 1. The molecule has 19 heavy (non-hydrogen) atoms. The summed E-state index contributed by atoms with van der Waals surface area (Å²) in [6, 6.07) is 11.6. The Labute approximate surface area is 113 Å². The van der Waals surface area contributed by atoms with E-state index in [1.165, 1.54) is 5.56 Å². The lowest BCUT2D eigenvalue weighted by molar-refractivity contribution is 0.290. The first kappa shape index (κ1) is 12.1. The van der Waals surface area contributed by atoms with Gasteiger partial charge in [-0.2, -0.15) is 0 Å². The topological polar surface area (TPSA) is 29.5 Å². The van der Waals surface area contributed by atoms with E-state index in [4.69, 9.17) is 4.74 Å². The van der Waals surface area contributed by atoms with E-state index in [-0.39, 0.29) is 5.41 Å². The second kappa shape index (κ2) is 4.02. The quantitative estimate of drug-likeness (QED) is 0.832. The van der Waals surface area contributed by atoms with E-state index < -0.39 is 0 Å². The highest BCUT2D eigenvalue weighted by Gasteiger charge is 2.35. The Morgan fingerprint density at radius 1 is 1.05 bits per heavy atom. The normalized spacial score (nSPS) is 15.9. The Balaban J connectivity index is 2.31. The zero-order valence-electron chi connectivity index (χ0n) is 11.5. The Bertz CT molecular complexity index is 642. The molecule has 98 valence electrons. The van der Waals surface area contributed by atoms with E-state index >= 15 is 0 Å². The zero-order valence-corrected chi connectivity index (χ0v) is 11.5. The number of aromatic hydroxyl groups is 1. The van der Waals surface area contributed by atoms with E-state index in [9.17, 15) is 5.11 Å². The van der Waals surface area contributed by atoms with Gasteiger partial charge in [-0.15, -0.1) is 0 Å². The fourth-order valence-corrected chi connectivity index (χ4v) is 2.80. The first-order valence-electron chi connectivity index (χ1n) is 6.56. The molecular formula is C17H18O2. The summed E-state index contributed by atoms with van der Waals surface area (Å²) >= 11 is 0. The minimum Gasteiger partial charge on any atom is -0.507 e. The van der Waals surface area contributed by atoms with Crippen molar-refractivity contribution in [3.05, 3.63) is 47.5 Å². The van der Waals surface area contributed by atoms with Gasteiger partial charge in [0.05, 0.1) is 6.61 Å². The highest BCUT2D eigenvalue weighted by atomic mass is 16.5. The molecule has 1 aliphatic heterocycles. The lowest BCUT2D eigenvalue weighted by Crippen LogP contribution is -2.19. The molecule has 0 amide bonds. The van der Waals surface area contributed by atoms with Crippen molar-refractivity contribution in [1.29, 1.82) is 0 Å². The number of para-hydroxylation sites is 1. The van der Waals surface area contributed by atoms with Crippen LogP contribution in [0.4, 0.5) is 0 Å². The molecule has 2 heteroatoms. The lowest BCUT2D eigenvalue weighted by Gasteiger charge is -2.20. The van der Waals surface area contributed by atoms with Crippen molar-refractivity contribution >= 4 is 0 Å². The Morgan fingerprint density at radius 3 is 2.53 bits per heavy atom. The van der Waals surface area contributed by atoms with Crippen LogP contribution in [0.15, 0.2) is 36.4 Å². The number of benzene rings is 2. The standard InChI is InChI=1S/C17H18O2/c1-11-8-9-13(12-6-4-5-7-14(12)18)15-16(11)19-10-17(15,2)3/h4-9,18H,10H2,1-3H3. The third kappa shape index (κ3) is 1.79. The summed E-state index contributed by atoms with van der Waals surface area (Å²) in [5, 5.41) is 10.1. The van der Waals surface area contributed by atoms with Crippen LogP contribution in [0.5, 0.6) is 11.5 Å². The molecule has 1 aliphatic rings. The first-order valence-corrected chi connectivity index (χ1v) is 6.56. The average Bonchev–Trinajstić information content (AvgIpc) is 2.69. The van der Waals surface area contributed by atoms with Gasteiger partial charge in [0.25, 0.3) is 0 Å². The van der Waals surface area contributed by atoms with E-state index in [0.717, 1.165) is 22.4 Å². The number of fused-ring (bicyclic) bond motifs is 1. The summed E-state index contributed by atoms with van der Waals surface area (Å²) in [6.07, 6.45) is 0. The molecule has 0 unspecified atom stereocenters. The molecule has 1 N–H and O–H groups in total. The number of ether oxygens (including phenoxy) is 1. The highest BCUT2D eigenvalue weighted by molar-refractivity contribution is 5.77. The van der Waals surface area contributed by atoms with Crippen molar-refractivity contribution < 1.29 is 9.84 Å². The highest BCUT2D eigenvalue weighted by Crippen LogP contribution is 2.47. The summed E-state index contributed by atoms with van der Waals surface area (Å²) < 4.78 is 5.86. The zero-order chi connectivity index (χ0) is 13.6. The predicted octanol–water partition coefficient (Wildman–Crippen LogP) is 4.04. The van der Waals surface area contributed by atoms with Crippen molar-refractivity contribution in [2.75, 3.05) is 6.61 Å². The average molecular weight is 254 g/mol. The molecule has 3 rings (SSSR count). The van der Waals surface area contributed by atoms with Crippen molar-refractivity contribution in [3.63, 3.8) is 0 Å². The van der Waals surface area contributed by atoms with Crippen LogP contribution < -0.4 is 4.74 Å². The van der Waals surface area contributed by atoms with E-state index in [1.54, 1.807) is 6.07 Å². The number of phenolic OH excluding ortho intramolecular Hbond substituents is 1. The van der Waals surface area contributed by atoms with Crippen LogP contribution in [-0.4, -0.2) is 11.7 Å². The van der Waals surface area contributed by atoms with Gasteiger partial charge < -0.3 is 9.84 Å². The third-order valence-electron chi connectivity index (χ3n) is 3.80. The van der Waals surface area contributed by atoms with Gasteiger partial charge in [-0.25, -0.2) is 0 Å². The van der Waals surface area contributed by atoms with Gasteiger partial charge in [0.2, 0.25) is 0 Å². The molecule has 0 saturated carbocycles. The van der Waals surface area contributed by atoms with Crippen LogP contribution in [0.2, 0.25) is 0 Å². The summed E-state index contributed by atoms with van der Waals surface area (Å²) in [5.74, 6) is 1.29. The number of rotatable bonds is 1. The molecule has 0 spiro atoms. The molecule has 2 nitrogen and oxygen atoms in total. The van der Waals surface area contributed by atoms with Gasteiger partial charge in [-0.05, 0) is 24.1 Å². The van der Waals surface area contributed by atoms with E-state index in [2.05, 4.69) is 32.9 Å². The Kier molecular flexibility index (Phi) is 2.56.